The van der Waals surface area contributed by atoms with E-state index in [4.69, 9.17) is 4.74 Å². The Labute approximate surface area is 108 Å². The van der Waals surface area contributed by atoms with Crippen LogP contribution >= 0.6 is 0 Å². The molecule has 1 aromatic rings. The van der Waals surface area contributed by atoms with E-state index in [0.29, 0.717) is 6.10 Å². The van der Waals surface area contributed by atoms with Gasteiger partial charge >= 0.3 is 0 Å². The molecule has 1 saturated heterocycles. The zero-order valence-electron chi connectivity index (χ0n) is 10.9. The largest absolute Gasteiger partial charge is 0.474 e. The van der Waals surface area contributed by atoms with Crippen LogP contribution in [0.1, 0.15) is 19.3 Å². The summed E-state index contributed by atoms with van der Waals surface area (Å²) in [6.07, 6.45) is 5.59. The molecule has 98 valence electrons. The topological polar surface area (TPSA) is 41.5 Å². The maximum Gasteiger partial charge on any atom is 0.218 e. The first-order valence-corrected chi connectivity index (χ1v) is 6.73. The van der Waals surface area contributed by atoms with Crippen molar-refractivity contribution < 1.29 is 4.74 Å². The van der Waals surface area contributed by atoms with E-state index in [0.717, 1.165) is 50.7 Å². The molecule has 3 rings (SSSR count). The van der Waals surface area contributed by atoms with Gasteiger partial charge in [-0.3, -0.25) is 0 Å². The number of piperazine rings is 1. The number of ether oxygens (including phenoxy) is 1. The predicted molar refractivity (Wildman–Crippen MR) is 70.0 cm³/mol. The average Bonchev–Trinajstić information content (AvgIpc) is 2.35. The van der Waals surface area contributed by atoms with Gasteiger partial charge in [0.05, 0.1) is 0 Å². The molecule has 0 bridgehead atoms. The highest BCUT2D eigenvalue weighted by atomic mass is 16.5. The standard InChI is InChI=1S/C13H20N4O/c1-16-5-7-17(8-6-16)12-9-13(15-10-14-12)18-11-3-2-4-11/h9-11H,2-8H2,1H3. The number of hydrogen-bond donors (Lipinski definition) is 0. The molecule has 0 radical (unpaired) electrons. The van der Waals surface area contributed by atoms with Crippen LogP contribution in [0.4, 0.5) is 5.82 Å². The highest BCUT2D eigenvalue weighted by Crippen LogP contribution is 2.25. The van der Waals surface area contributed by atoms with Crippen LogP contribution in [-0.4, -0.2) is 54.2 Å². The molecule has 2 aliphatic rings. The number of hydrogen-bond acceptors (Lipinski definition) is 5. The van der Waals surface area contributed by atoms with Crippen LogP contribution < -0.4 is 9.64 Å². The second-order valence-corrected chi connectivity index (χ2v) is 5.18. The monoisotopic (exact) mass is 248 g/mol. The molecule has 2 fully saturated rings. The Morgan fingerprint density at radius 3 is 2.61 bits per heavy atom. The van der Waals surface area contributed by atoms with Gasteiger partial charge in [0.25, 0.3) is 0 Å². The van der Waals surface area contributed by atoms with Crippen LogP contribution in [-0.2, 0) is 0 Å². The van der Waals surface area contributed by atoms with Gasteiger partial charge in [0.1, 0.15) is 18.2 Å². The van der Waals surface area contributed by atoms with Crippen LogP contribution in [0.3, 0.4) is 0 Å². The summed E-state index contributed by atoms with van der Waals surface area (Å²) in [6, 6.07) is 1.98. The van der Waals surface area contributed by atoms with Crippen molar-refractivity contribution in [2.45, 2.75) is 25.4 Å². The minimum absolute atomic E-state index is 0.375. The summed E-state index contributed by atoms with van der Waals surface area (Å²) in [4.78, 5) is 13.2. The highest BCUT2D eigenvalue weighted by Gasteiger charge is 2.21. The van der Waals surface area contributed by atoms with Crippen molar-refractivity contribution in [1.29, 1.82) is 0 Å². The van der Waals surface area contributed by atoms with Gasteiger partial charge in [-0.15, -0.1) is 0 Å². The summed E-state index contributed by atoms with van der Waals surface area (Å²) in [7, 11) is 2.16. The summed E-state index contributed by atoms with van der Waals surface area (Å²) in [6.45, 7) is 4.22. The molecule has 1 aromatic heterocycles. The van der Waals surface area contributed by atoms with Crippen molar-refractivity contribution in [1.82, 2.24) is 14.9 Å². The van der Waals surface area contributed by atoms with Gasteiger partial charge in [0.15, 0.2) is 0 Å². The lowest BCUT2D eigenvalue weighted by molar-refractivity contribution is 0.114. The second-order valence-electron chi connectivity index (χ2n) is 5.18. The van der Waals surface area contributed by atoms with Crippen molar-refractivity contribution in [2.24, 2.45) is 0 Å². The van der Waals surface area contributed by atoms with Crippen molar-refractivity contribution in [3.8, 4) is 5.88 Å². The number of nitrogens with zero attached hydrogens (tertiary/aromatic N) is 4. The Morgan fingerprint density at radius 1 is 1.17 bits per heavy atom. The molecule has 1 aliphatic heterocycles. The Kier molecular flexibility index (Phi) is 3.32. The minimum Gasteiger partial charge on any atom is -0.474 e. The fraction of sp³-hybridized carbons (Fsp3) is 0.692. The number of rotatable bonds is 3. The lowest BCUT2D eigenvalue weighted by Gasteiger charge is -2.33. The molecular weight excluding hydrogens is 228 g/mol. The average molecular weight is 248 g/mol. The zero-order valence-corrected chi connectivity index (χ0v) is 10.9. The summed E-state index contributed by atoms with van der Waals surface area (Å²) >= 11 is 0. The fourth-order valence-electron chi connectivity index (χ4n) is 2.26. The number of likely N-dealkylation sites (N-methyl/N-ethyl adjacent to an activating group) is 1. The van der Waals surface area contributed by atoms with Crippen LogP contribution in [0.15, 0.2) is 12.4 Å². The van der Waals surface area contributed by atoms with E-state index in [9.17, 15) is 0 Å². The molecule has 0 aromatic carbocycles. The van der Waals surface area contributed by atoms with Crippen LogP contribution in [0.5, 0.6) is 5.88 Å². The molecular formula is C13H20N4O. The van der Waals surface area contributed by atoms with Crippen LogP contribution in [0.25, 0.3) is 0 Å². The molecule has 0 unspecified atom stereocenters. The zero-order chi connectivity index (χ0) is 12.4. The third-order valence-corrected chi connectivity index (χ3v) is 3.79. The van der Waals surface area contributed by atoms with Crippen LogP contribution in [0.2, 0.25) is 0 Å². The first-order valence-electron chi connectivity index (χ1n) is 6.73. The molecule has 5 nitrogen and oxygen atoms in total. The van der Waals surface area contributed by atoms with Gasteiger partial charge in [0, 0.05) is 32.2 Å². The van der Waals surface area contributed by atoms with E-state index in [1.807, 2.05) is 6.07 Å². The molecule has 0 N–H and O–H groups in total. The predicted octanol–water partition coefficient (Wildman–Crippen LogP) is 1.16. The van der Waals surface area contributed by atoms with Gasteiger partial charge in [-0.1, -0.05) is 0 Å². The first kappa shape index (κ1) is 11.7. The van der Waals surface area contributed by atoms with Crippen molar-refractivity contribution in [3.63, 3.8) is 0 Å². The Morgan fingerprint density at radius 2 is 1.94 bits per heavy atom. The fourth-order valence-corrected chi connectivity index (χ4v) is 2.26. The van der Waals surface area contributed by atoms with Crippen molar-refractivity contribution >= 4 is 5.82 Å². The second kappa shape index (κ2) is 5.10. The third-order valence-electron chi connectivity index (χ3n) is 3.79. The molecule has 0 amide bonds. The van der Waals surface area contributed by atoms with E-state index in [-0.39, 0.29) is 0 Å². The normalized spacial score (nSPS) is 21.7. The maximum absolute atomic E-state index is 5.81. The Bertz CT molecular complexity index is 400. The SMILES string of the molecule is CN1CCN(c2cc(OC3CCC3)ncn2)CC1. The van der Waals surface area contributed by atoms with E-state index in [2.05, 4.69) is 26.8 Å². The molecule has 0 spiro atoms. The molecule has 0 atom stereocenters. The summed E-state index contributed by atoms with van der Waals surface area (Å²) < 4.78 is 5.81. The lowest BCUT2D eigenvalue weighted by Crippen LogP contribution is -2.44. The molecule has 5 heteroatoms. The molecule has 1 aliphatic carbocycles. The molecule has 1 saturated carbocycles. The summed E-state index contributed by atoms with van der Waals surface area (Å²) in [5.74, 6) is 1.72. The van der Waals surface area contributed by atoms with Gasteiger partial charge in [0.2, 0.25) is 5.88 Å². The van der Waals surface area contributed by atoms with E-state index in [1.54, 1.807) is 6.33 Å². The van der Waals surface area contributed by atoms with Gasteiger partial charge < -0.3 is 14.5 Å². The maximum atomic E-state index is 5.81. The Balaban J connectivity index is 1.66. The quantitative estimate of drug-likeness (QED) is 0.803. The minimum atomic E-state index is 0.375. The van der Waals surface area contributed by atoms with Gasteiger partial charge in [-0.25, -0.2) is 9.97 Å². The van der Waals surface area contributed by atoms with E-state index in [1.165, 1.54) is 6.42 Å². The number of aromatic nitrogens is 2. The molecule has 18 heavy (non-hydrogen) atoms. The van der Waals surface area contributed by atoms with Crippen molar-refractivity contribution in [2.75, 3.05) is 38.1 Å². The third kappa shape index (κ3) is 2.56. The van der Waals surface area contributed by atoms with Gasteiger partial charge in [-0.2, -0.15) is 0 Å². The van der Waals surface area contributed by atoms with Gasteiger partial charge in [-0.05, 0) is 26.3 Å². The van der Waals surface area contributed by atoms with E-state index >= 15 is 0 Å². The summed E-state index contributed by atoms with van der Waals surface area (Å²) in [5.41, 5.74) is 0. The smallest absolute Gasteiger partial charge is 0.218 e. The summed E-state index contributed by atoms with van der Waals surface area (Å²) in [5, 5.41) is 0. The number of anilines is 1. The highest BCUT2D eigenvalue weighted by molar-refractivity contribution is 5.41. The van der Waals surface area contributed by atoms with Crippen LogP contribution in [0, 0.1) is 0 Å². The lowest BCUT2D eigenvalue weighted by atomic mass is 9.96. The Hall–Kier alpha value is -1.36. The molecule has 2 heterocycles. The first-order chi connectivity index (χ1) is 8.81. The van der Waals surface area contributed by atoms with Crippen molar-refractivity contribution in [3.05, 3.63) is 12.4 Å². The van der Waals surface area contributed by atoms with E-state index < -0.39 is 0 Å².